The van der Waals surface area contributed by atoms with E-state index in [1.54, 1.807) is 18.2 Å². The van der Waals surface area contributed by atoms with Crippen LogP contribution in [0.25, 0.3) is 0 Å². The van der Waals surface area contributed by atoms with Crippen LogP contribution in [0.5, 0.6) is 0 Å². The molecule has 1 aromatic carbocycles. The third kappa shape index (κ3) is 2.90. The van der Waals surface area contributed by atoms with Crippen molar-refractivity contribution in [1.82, 2.24) is 9.80 Å². The molecule has 110 valence electrons. The second-order valence-corrected chi connectivity index (χ2v) is 6.23. The number of carbonyl (C=O) groups excluding carboxylic acids is 1. The van der Waals surface area contributed by atoms with E-state index in [4.69, 9.17) is 17.4 Å². The number of nitrogens with two attached hydrogens (primary N) is 1. The molecule has 3 N–H and O–H groups in total. The lowest BCUT2D eigenvalue weighted by atomic mass is 9.99. The van der Waals surface area contributed by atoms with Gasteiger partial charge in [-0.15, -0.1) is 0 Å². The first-order valence-corrected chi connectivity index (χ1v) is 6.99. The van der Waals surface area contributed by atoms with E-state index >= 15 is 0 Å². The number of halogens is 1. The molecular weight excluding hydrogens is 276 g/mol. The fourth-order valence-corrected chi connectivity index (χ4v) is 2.58. The zero-order valence-corrected chi connectivity index (χ0v) is 12.9. The number of piperazine rings is 1. The summed E-state index contributed by atoms with van der Waals surface area (Å²) in [5, 5.41) is 0.528. The third-order valence-electron chi connectivity index (χ3n) is 3.97. The van der Waals surface area contributed by atoms with Gasteiger partial charge in [0.1, 0.15) is 0 Å². The molecule has 1 saturated heterocycles. The maximum Gasteiger partial charge on any atom is 0.256 e. The van der Waals surface area contributed by atoms with Crippen LogP contribution in [0.2, 0.25) is 5.02 Å². The maximum atomic E-state index is 12.7. The van der Waals surface area contributed by atoms with Gasteiger partial charge in [0.25, 0.3) is 5.91 Å². The summed E-state index contributed by atoms with van der Waals surface area (Å²) in [5.41, 5.74) is 3.62. The normalized spacial score (nSPS) is 18.9. The van der Waals surface area contributed by atoms with Crippen molar-refractivity contribution < 1.29 is 4.79 Å². The second-order valence-electron chi connectivity index (χ2n) is 5.79. The van der Waals surface area contributed by atoms with Crippen molar-refractivity contribution in [2.24, 2.45) is 5.84 Å². The monoisotopic (exact) mass is 296 g/mol. The van der Waals surface area contributed by atoms with E-state index in [2.05, 4.69) is 31.2 Å². The van der Waals surface area contributed by atoms with E-state index in [9.17, 15) is 4.79 Å². The molecule has 20 heavy (non-hydrogen) atoms. The Balaban J connectivity index is 2.26. The fraction of sp³-hybridized carbons (Fsp3) is 0.500. The molecule has 0 bridgehead atoms. The number of anilines is 1. The van der Waals surface area contributed by atoms with Crippen molar-refractivity contribution in [3.05, 3.63) is 28.8 Å². The summed E-state index contributed by atoms with van der Waals surface area (Å²) >= 11 is 5.99. The number of rotatable bonds is 2. The van der Waals surface area contributed by atoms with Gasteiger partial charge in [0.05, 0.1) is 11.3 Å². The summed E-state index contributed by atoms with van der Waals surface area (Å²) in [6.07, 6.45) is 0. The smallest absolute Gasteiger partial charge is 0.256 e. The van der Waals surface area contributed by atoms with Gasteiger partial charge in [0.2, 0.25) is 0 Å². The summed E-state index contributed by atoms with van der Waals surface area (Å²) in [6.45, 7) is 6.50. The van der Waals surface area contributed by atoms with E-state index < -0.39 is 0 Å². The Morgan fingerprint density at radius 2 is 2.10 bits per heavy atom. The lowest BCUT2D eigenvalue weighted by molar-refractivity contribution is 0.0312. The van der Waals surface area contributed by atoms with Crippen molar-refractivity contribution in [3.63, 3.8) is 0 Å². The molecule has 2 rings (SSSR count). The number of nitrogens with one attached hydrogen (secondary N) is 1. The quantitative estimate of drug-likeness (QED) is 0.645. The first-order chi connectivity index (χ1) is 9.35. The molecule has 1 aliphatic rings. The number of nitrogens with zero attached hydrogens (tertiary/aromatic N) is 2. The zero-order chi connectivity index (χ0) is 14.9. The average molecular weight is 297 g/mol. The molecule has 0 radical (unpaired) electrons. The van der Waals surface area contributed by atoms with Gasteiger partial charge in [-0.3, -0.25) is 15.5 Å². The molecule has 0 spiro atoms. The molecule has 1 amide bonds. The predicted octanol–water partition coefficient (Wildman–Crippen LogP) is 1.79. The van der Waals surface area contributed by atoms with E-state index in [1.165, 1.54) is 0 Å². The number of carbonyl (C=O) groups is 1. The number of hydrazine groups is 1. The van der Waals surface area contributed by atoms with Crippen molar-refractivity contribution in [2.45, 2.75) is 19.4 Å². The second kappa shape index (κ2) is 5.60. The van der Waals surface area contributed by atoms with E-state index in [0.717, 1.165) is 6.54 Å². The number of likely N-dealkylation sites (N-methyl/N-ethyl adjacent to an activating group) is 1. The highest BCUT2D eigenvalue weighted by Crippen LogP contribution is 2.25. The molecule has 6 heteroatoms. The summed E-state index contributed by atoms with van der Waals surface area (Å²) in [5.74, 6) is 5.43. The Kier molecular flexibility index (Phi) is 4.22. The lowest BCUT2D eigenvalue weighted by Gasteiger charge is -2.45. The van der Waals surface area contributed by atoms with Gasteiger partial charge in [0.15, 0.2) is 0 Å². The highest BCUT2D eigenvalue weighted by atomic mass is 35.5. The summed E-state index contributed by atoms with van der Waals surface area (Å²) < 4.78 is 0. The molecule has 0 aromatic heterocycles. The van der Waals surface area contributed by atoms with E-state index in [-0.39, 0.29) is 11.4 Å². The van der Waals surface area contributed by atoms with Crippen LogP contribution in [0, 0.1) is 0 Å². The molecule has 5 nitrogen and oxygen atoms in total. The summed E-state index contributed by atoms with van der Waals surface area (Å²) in [7, 11) is 2.08. The fourth-order valence-electron chi connectivity index (χ4n) is 2.40. The Hall–Kier alpha value is -1.30. The lowest BCUT2D eigenvalue weighted by Crippen LogP contribution is -2.58. The Bertz CT molecular complexity index is 518. The van der Waals surface area contributed by atoms with Crippen molar-refractivity contribution in [1.29, 1.82) is 0 Å². The minimum Gasteiger partial charge on any atom is -0.335 e. The highest BCUT2D eigenvalue weighted by molar-refractivity contribution is 6.31. The largest absolute Gasteiger partial charge is 0.335 e. The van der Waals surface area contributed by atoms with Gasteiger partial charge in [-0.05, 0) is 39.1 Å². The number of hydrogen-bond acceptors (Lipinski definition) is 4. The van der Waals surface area contributed by atoms with Gasteiger partial charge in [-0.1, -0.05) is 11.6 Å². The first kappa shape index (κ1) is 15.1. The Labute approximate surface area is 124 Å². The molecular formula is C14H21ClN4O. The van der Waals surface area contributed by atoms with Gasteiger partial charge < -0.3 is 10.3 Å². The minimum absolute atomic E-state index is 0.0389. The van der Waals surface area contributed by atoms with Gasteiger partial charge >= 0.3 is 0 Å². The van der Waals surface area contributed by atoms with Crippen molar-refractivity contribution in [3.8, 4) is 0 Å². The number of benzene rings is 1. The van der Waals surface area contributed by atoms with Gasteiger partial charge in [-0.25, -0.2) is 0 Å². The Morgan fingerprint density at radius 1 is 1.40 bits per heavy atom. The number of amides is 1. The van der Waals surface area contributed by atoms with Crippen LogP contribution in [-0.4, -0.2) is 47.9 Å². The number of nitrogen functional groups attached to an aromatic ring is 1. The van der Waals surface area contributed by atoms with Crippen molar-refractivity contribution >= 4 is 23.2 Å². The molecule has 0 saturated carbocycles. The van der Waals surface area contributed by atoms with Gasteiger partial charge in [0, 0.05) is 30.2 Å². The molecule has 1 fully saturated rings. The van der Waals surface area contributed by atoms with Crippen molar-refractivity contribution in [2.75, 3.05) is 32.1 Å². The predicted molar refractivity (Wildman–Crippen MR) is 81.9 cm³/mol. The molecule has 1 heterocycles. The van der Waals surface area contributed by atoms with Crippen LogP contribution < -0.4 is 11.3 Å². The van der Waals surface area contributed by atoms with Crippen LogP contribution >= 0.6 is 11.6 Å². The SMILES string of the molecule is CN1CCN(C(=O)c2cc(Cl)ccc2NN)CC1(C)C. The van der Waals surface area contributed by atoms with Crippen LogP contribution in [0.3, 0.4) is 0 Å². The van der Waals surface area contributed by atoms with Crippen LogP contribution in [0.1, 0.15) is 24.2 Å². The Morgan fingerprint density at radius 3 is 2.70 bits per heavy atom. The maximum absolute atomic E-state index is 12.7. The summed E-state index contributed by atoms with van der Waals surface area (Å²) in [6, 6.07) is 5.09. The minimum atomic E-state index is -0.0402. The molecule has 1 aromatic rings. The van der Waals surface area contributed by atoms with Crippen LogP contribution in [-0.2, 0) is 0 Å². The zero-order valence-electron chi connectivity index (χ0n) is 12.1. The number of hydrogen-bond donors (Lipinski definition) is 2. The molecule has 0 unspecified atom stereocenters. The topological polar surface area (TPSA) is 61.6 Å². The van der Waals surface area contributed by atoms with Crippen LogP contribution in [0.4, 0.5) is 5.69 Å². The molecule has 0 atom stereocenters. The van der Waals surface area contributed by atoms with Gasteiger partial charge in [-0.2, -0.15) is 0 Å². The summed E-state index contributed by atoms with van der Waals surface area (Å²) in [4.78, 5) is 16.8. The first-order valence-electron chi connectivity index (χ1n) is 6.62. The molecule has 1 aliphatic heterocycles. The highest BCUT2D eigenvalue weighted by Gasteiger charge is 2.34. The standard InChI is InChI=1S/C14H21ClN4O/c1-14(2)9-19(7-6-18(14)3)13(20)11-8-10(15)4-5-12(11)17-16/h4-5,8,17H,6-7,9,16H2,1-3H3. The van der Waals surface area contributed by atoms with E-state index in [0.29, 0.717) is 29.4 Å². The van der Waals surface area contributed by atoms with Crippen LogP contribution in [0.15, 0.2) is 18.2 Å². The van der Waals surface area contributed by atoms with E-state index in [1.807, 2.05) is 4.90 Å². The molecule has 0 aliphatic carbocycles. The third-order valence-corrected chi connectivity index (χ3v) is 4.21. The average Bonchev–Trinajstić information content (AvgIpc) is 2.41.